The lowest BCUT2D eigenvalue weighted by Crippen LogP contribution is -2.49. The maximum Gasteiger partial charge on any atom is 0.416 e. The molecule has 10 nitrogen and oxygen atoms in total. The maximum absolute atomic E-state index is 12.3. The van der Waals surface area contributed by atoms with Crippen molar-refractivity contribution in [1.29, 1.82) is 0 Å². The van der Waals surface area contributed by atoms with Gasteiger partial charge in [-0.15, -0.1) is 0 Å². The summed E-state index contributed by atoms with van der Waals surface area (Å²) in [6, 6.07) is 10.3. The summed E-state index contributed by atoms with van der Waals surface area (Å²) in [6.07, 6.45) is 1.92. The summed E-state index contributed by atoms with van der Waals surface area (Å²) in [5, 5.41) is 3.32. The molecule has 2 aliphatic rings. The number of hydrogen-bond acceptors (Lipinski definition) is 8. The van der Waals surface area contributed by atoms with Crippen LogP contribution in [0.2, 0.25) is 0 Å². The molecule has 2 atom stereocenters. The van der Waals surface area contributed by atoms with Crippen molar-refractivity contribution in [2.45, 2.75) is 51.7 Å². The Labute approximate surface area is 218 Å². The lowest BCUT2D eigenvalue weighted by molar-refractivity contribution is -0.128. The number of nitrogens with two attached hydrogens (primary N) is 1. The average Bonchev–Trinajstić information content (AvgIpc) is 3.16. The first-order valence-electron chi connectivity index (χ1n) is 12.8. The molecule has 2 amide bonds. The van der Waals surface area contributed by atoms with Gasteiger partial charge in [0.15, 0.2) is 0 Å². The minimum Gasteiger partial charge on any atom is -0.447 e. The summed E-state index contributed by atoms with van der Waals surface area (Å²) in [7, 11) is 0. The van der Waals surface area contributed by atoms with Crippen LogP contribution in [0.4, 0.5) is 22.4 Å². The van der Waals surface area contributed by atoms with E-state index in [0.29, 0.717) is 17.8 Å². The smallest absolute Gasteiger partial charge is 0.416 e. The van der Waals surface area contributed by atoms with Gasteiger partial charge in [0.2, 0.25) is 11.9 Å². The second kappa shape index (κ2) is 10.8. The second-order valence-electron chi connectivity index (χ2n) is 10.2. The van der Waals surface area contributed by atoms with Gasteiger partial charge in [-0.25, -0.2) is 4.79 Å². The summed E-state index contributed by atoms with van der Waals surface area (Å²) < 4.78 is 5.21. The molecule has 0 saturated carbocycles. The van der Waals surface area contributed by atoms with Crippen molar-refractivity contribution in [2.75, 3.05) is 48.7 Å². The van der Waals surface area contributed by atoms with Gasteiger partial charge in [0.25, 0.3) is 0 Å². The van der Waals surface area contributed by atoms with Crippen LogP contribution in [0.3, 0.4) is 0 Å². The van der Waals surface area contributed by atoms with Gasteiger partial charge in [0.1, 0.15) is 18.2 Å². The second-order valence-corrected chi connectivity index (χ2v) is 10.2. The number of piperazine rings is 1. The molecule has 0 radical (unpaired) electrons. The fraction of sp³-hybridized carbons (Fsp3) is 0.481. The molecule has 198 valence electrons. The van der Waals surface area contributed by atoms with E-state index in [9.17, 15) is 9.59 Å². The quantitative estimate of drug-likeness (QED) is 0.519. The van der Waals surface area contributed by atoms with Crippen LogP contribution in [0.1, 0.15) is 57.3 Å². The van der Waals surface area contributed by atoms with E-state index in [1.54, 1.807) is 6.07 Å². The third-order valence-electron chi connectivity index (χ3n) is 7.09. The molecule has 0 aliphatic carbocycles. The Morgan fingerprint density at radius 2 is 1.84 bits per heavy atom. The Kier molecular flexibility index (Phi) is 7.68. The standard InChI is InChI=1S/C27H37N7O3/c1-6-21(32-12-14-33(15-13-32)24(35)7-2)20-10-8-19(9-11-20)18(3)29-25-30-22(28)16-23(31-25)34-26(36)37-17-27(34,4)5/h7-11,16,18,21H,2,6,12-15,17H2,1,3-5H3,(H3,28,29,30,31). The Hall–Kier alpha value is -3.66. The molecule has 1 aromatic heterocycles. The zero-order chi connectivity index (χ0) is 26.7. The van der Waals surface area contributed by atoms with Crippen LogP contribution in [0.25, 0.3) is 0 Å². The number of nitrogens with zero attached hydrogens (tertiary/aromatic N) is 5. The Morgan fingerprint density at radius 1 is 1.19 bits per heavy atom. The van der Waals surface area contributed by atoms with E-state index in [1.807, 2.05) is 25.7 Å². The van der Waals surface area contributed by atoms with E-state index >= 15 is 0 Å². The zero-order valence-electron chi connectivity index (χ0n) is 22.1. The molecule has 37 heavy (non-hydrogen) atoms. The first-order chi connectivity index (χ1) is 17.6. The third kappa shape index (κ3) is 5.69. The molecule has 3 N–H and O–H groups in total. The molecule has 10 heteroatoms. The Balaban J connectivity index is 1.44. The van der Waals surface area contributed by atoms with Crippen LogP contribution in [0, 0.1) is 0 Å². The van der Waals surface area contributed by atoms with E-state index in [2.05, 4.69) is 58.0 Å². The van der Waals surface area contributed by atoms with Crippen molar-refractivity contribution in [1.82, 2.24) is 19.8 Å². The third-order valence-corrected chi connectivity index (χ3v) is 7.09. The van der Waals surface area contributed by atoms with Gasteiger partial charge in [-0.2, -0.15) is 9.97 Å². The number of nitrogen functional groups attached to an aromatic ring is 1. The van der Waals surface area contributed by atoms with Gasteiger partial charge in [-0.05, 0) is 44.4 Å². The first-order valence-corrected chi connectivity index (χ1v) is 12.8. The number of amides is 2. The molecule has 2 fully saturated rings. The molecule has 0 bridgehead atoms. The number of cyclic esters (lactones) is 1. The van der Waals surface area contributed by atoms with Crippen LogP contribution < -0.4 is 16.0 Å². The van der Waals surface area contributed by atoms with Crippen LogP contribution >= 0.6 is 0 Å². The number of rotatable bonds is 8. The zero-order valence-corrected chi connectivity index (χ0v) is 22.1. The number of ether oxygens (including phenoxy) is 1. The van der Waals surface area contributed by atoms with Crippen molar-refractivity contribution >= 4 is 29.6 Å². The fourth-order valence-corrected chi connectivity index (χ4v) is 5.02. The number of aromatic nitrogens is 2. The lowest BCUT2D eigenvalue weighted by Gasteiger charge is -2.39. The summed E-state index contributed by atoms with van der Waals surface area (Å²) in [6.45, 7) is 15.0. The van der Waals surface area contributed by atoms with E-state index in [-0.39, 0.29) is 24.4 Å². The van der Waals surface area contributed by atoms with E-state index < -0.39 is 11.6 Å². The number of nitrogens with one attached hydrogen (secondary N) is 1. The van der Waals surface area contributed by atoms with Gasteiger partial charge >= 0.3 is 6.09 Å². The molecule has 2 saturated heterocycles. The predicted molar refractivity (Wildman–Crippen MR) is 144 cm³/mol. The van der Waals surface area contributed by atoms with Crippen LogP contribution in [-0.2, 0) is 9.53 Å². The summed E-state index contributed by atoms with van der Waals surface area (Å²) in [5.74, 6) is 1.02. The highest BCUT2D eigenvalue weighted by Gasteiger charge is 2.42. The summed E-state index contributed by atoms with van der Waals surface area (Å²) in [4.78, 5) is 38.9. The number of anilines is 3. The predicted octanol–water partition coefficient (Wildman–Crippen LogP) is 3.75. The Morgan fingerprint density at radius 3 is 2.41 bits per heavy atom. The molecule has 2 unspecified atom stereocenters. The molecule has 2 aromatic rings. The highest BCUT2D eigenvalue weighted by atomic mass is 16.6. The summed E-state index contributed by atoms with van der Waals surface area (Å²) >= 11 is 0. The van der Waals surface area contributed by atoms with Crippen molar-refractivity contribution in [3.63, 3.8) is 0 Å². The van der Waals surface area contributed by atoms with Gasteiger partial charge < -0.3 is 20.7 Å². The minimum atomic E-state index is -0.528. The normalized spacial score (nSPS) is 19.3. The monoisotopic (exact) mass is 507 g/mol. The molecule has 1 aromatic carbocycles. The number of hydrogen-bond donors (Lipinski definition) is 2. The van der Waals surface area contributed by atoms with Crippen molar-refractivity contribution in [3.8, 4) is 0 Å². The van der Waals surface area contributed by atoms with Gasteiger partial charge in [-0.3, -0.25) is 14.6 Å². The van der Waals surface area contributed by atoms with Crippen LogP contribution in [-0.4, -0.2) is 70.1 Å². The number of carbonyl (C=O) groups excluding carboxylic acids is 2. The van der Waals surface area contributed by atoms with Gasteiger partial charge in [-0.1, -0.05) is 37.8 Å². The summed E-state index contributed by atoms with van der Waals surface area (Å²) in [5.41, 5.74) is 7.85. The average molecular weight is 508 g/mol. The molecular weight excluding hydrogens is 470 g/mol. The molecular formula is C27H37N7O3. The van der Waals surface area contributed by atoms with Crippen molar-refractivity contribution in [3.05, 3.63) is 54.1 Å². The SMILES string of the molecule is C=CC(=O)N1CCN(C(CC)c2ccc(C(C)Nc3nc(N)cc(N4C(=O)OCC4(C)C)n3)cc2)CC1. The largest absolute Gasteiger partial charge is 0.447 e. The molecule has 0 spiro atoms. The highest BCUT2D eigenvalue weighted by molar-refractivity contribution is 5.90. The lowest BCUT2D eigenvalue weighted by atomic mass is 9.98. The number of carbonyl (C=O) groups is 2. The fourth-order valence-electron chi connectivity index (χ4n) is 5.02. The van der Waals surface area contributed by atoms with E-state index in [0.717, 1.165) is 38.2 Å². The van der Waals surface area contributed by atoms with Gasteiger partial charge in [0.05, 0.1) is 11.6 Å². The van der Waals surface area contributed by atoms with Crippen LogP contribution in [0.5, 0.6) is 0 Å². The highest BCUT2D eigenvalue weighted by Crippen LogP contribution is 2.31. The van der Waals surface area contributed by atoms with Crippen molar-refractivity contribution in [2.24, 2.45) is 0 Å². The maximum atomic E-state index is 12.3. The first kappa shape index (κ1) is 26.4. The topological polar surface area (TPSA) is 117 Å². The molecule has 3 heterocycles. The Bertz CT molecular complexity index is 1140. The molecule has 4 rings (SSSR count). The van der Waals surface area contributed by atoms with E-state index in [1.165, 1.54) is 16.5 Å². The van der Waals surface area contributed by atoms with Gasteiger partial charge in [0, 0.05) is 38.3 Å². The van der Waals surface area contributed by atoms with Crippen LogP contribution in [0.15, 0.2) is 43.0 Å². The minimum absolute atomic E-state index is 0.00103. The van der Waals surface area contributed by atoms with Crippen molar-refractivity contribution < 1.29 is 14.3 Å². The molecule has 2 aliphatic heterocycles. The number of benzene rings is 1. The van der Waals surface area contributed by atoms with E-state index in [4.69, 9.17) is 10.5 Å².